The fraction of sp³-hybridized carbons (Fsp3) is 0. The van der Waals surface area contributed by atoms with Crippen LogP contribution in [0.15, 0.2) is 0 Å². The molecule has 0 bridgehead atoms. The molecule has 0 N–H and O–H groups in total. The average Bonchev–Trinajstić information content (AvgIpc) is 0. The summed E-state index contributed by atoms with van der Waals surface area (Å²) in [6.07, 6.45) is 0. The minimum atomic E-state index is 0. The summed E-state index contributed by atoms with van der Waals surface area (Å²) >= 11 is 0. The van der Waals surface area contributed by atoms with Crippen LogP contribution in [0.25, 0.3) is 0 Å². The molecule has 0 aromatic heterocycles. The van der Waals surface area contributed by atoms with Crippen molar-refractivity contribution in [1.82, 2.24) is 0 Å². The zero-order chi connectivity index (χ0) is 0. The Labute approximate surface area is 104 Å². The summed E-state index contributed by atoms with van der Waals surface area (Å²) in [5.74, 6) is 0. The second-order valence-electron chi connectivity index (χ2n) is 0. The van der Waals surface area contributed by atoms with Gasteiger partial charge in [0, 0.05) is 0 Å². The van der Waals surface area contributed by atoms with Crippen LogP contribution < -0.4 is 0 Å². The molecule has 0 amide bonds. The molecule has 0 radical (unpaired) electrons. The number of rotatable bonds is 0. The Hall–Kier alpha value is 3.03. The standard InChI is InChI=1S/6ClH.3H3P/h6*1H;3*1H3. The highest BCUT2D eigenvalue weighted by atomic mass is 35.5. The summed E-state index contributed by atoms with van der Waals surface area (Å²) in [4.78, 5) is 0. The van der Waals surface area contributed by atoms with Crippen molar-refractivity contribution in [1.29, 1.82) is 0 Å². The molecule has 3 unspecified atom stereocenters. The van der Waals surface area contributed by atoms with Crippen LogP contribution in [0.2, 0.25) is 0 Å². The van der Waals surface area contributed by atoms with Gasteiger partial charge in [-0.1, -0.05) is 0 Å². The van der Waals surface area contributed by atoms with Crippen LogP contribution in [-0.4, -0.2) is 0 Å². The van der Waals surface area contributed by atoms with Crippen LogP contribution in [0.5, 0.6) is 0 Å². The molecule has 0 heterocycles. The molecule has 0 aliphatic rings. The van der Waals surface area contributed by atoms with E-state index in [9.17, 15) is 0 Å². The first-order valence-electron chi connectivity index (χ1n) is 0. The maximum Gasteiger partial charge on any atom is -0.147 e. The first kappa shape index (κ1) is 159. The van der Waals surface area contributed by atoms with Crippen LogP contribution in [0.3, 0.4) is 0 Å². The van der Waals surface area contributed by atoms with Crippen LogP contribution in [0.4, 0.5) is 0 Å². The van der Waals surface area contributed by atoms with Crippen LogP contribution in [0.1, 0.15) is 0 Å². The molecule has 72 valence electrons. The lowest BCUT2D eigenvalue weighted by atomic mass is 31.0. The minimum Gasteiger partial charge on any atom is -0.153 e. The van der Waals surface area contributed by atoms with Gasteiger partial charge in [0.25, 0.3) is 0 Å². The molecule has 3 atom stereocenters. The van der Waals surface area contributed by atoms with Gasteiger partial charge in [0.2, 0.25) is 0 Å². The normalized spacial score (nSPS) is 0. The third-order valence-corrected chi connectivity index (χ3v) is 0. The van der Waals surface area contributed by atoms with Gasteiger partial charge in [-0.2, -0.15) is 29.7 Å². The number of hydrogen-bond acceptors (Lipinski definition) is 0. The predicted octanol–water partition coefficient (Wildman–Crippen LogP) is 2.71. The molecule has 9 heteroatoms. The number of hydrogen-bond donors (Lipinski definition) is 0. The Morgan fingerprint density at radius 2 is 0.222 bits per heavy atom. The maximum atomic E-state index is 0. The largest absolute Gasteiger partial charge is 0.153 e. The molecule has 0 aromatic carbocycles. The SMILES string of the molecule is Cl.Cl.Cl.Cl.Cl.Cl.P.P.P. The van der Waals surface area contributed by atoms with E-state index in [-0.39, 0.29) is 104 Å². The molecule has 0 saturated heterocycles. The van der Waals surface area contributed by atoms with Gasteiger partial charge in [0.15, 0.2) is 0 Å². The minimum absolute atomic E-state index is 0. The molecule has 0 aliphatic heterocycles. The fourth-order valence-electron chi connectivity index (χ4n) is 0. The Kier molecular flexibility index (Phi) is 2140. The third kappa shape index (κ3) is 98.0. The van der Waals surface area contributed by atoms with E-state index in [4.69, 9.17) is 0 Å². The lowest BCUT2D eigenvalue weighted by molar-refractivity contribution is 5.85. The Morgan fingerprint density at radius 3 is 0.222 bits per heavy atom. The van der Waals surface area contributed by atoms with E-state index in [1.54, 1.807) is 0 Å². The van der Waals surface area contributed by atoms with E-state index >= 15 is 0 Å². The Balaban J connectivity index is 0. The number of halogens is 6. The first-order chi connectivity index (χ1) is 0. The summed E-state index contributed by atoms with van der Waals surface area (Å²) in [5.41, 5.74) is 0. The molecular weight excluding hydrogens is 306 g/mol. The lowest BCUT2D eigenvalue weighted by Crippen LogP contribution is 0.688. The van der Waals surface area contributed by atoms with Crippen molar-refractivity contribution < 1.29 is 0 Å². The molecule has 0 spiro atoms. The van der Waals surface area contributed by atoms with Crippen molar-refractivity contribution in [3.8, 4) is 0 Å². The predicted molar refractivity (Wildman–Crippen MR) is 76.8 cm³/mol. The van der Waals surface area contributed by atoms with Crippen molar-refractivity contribution in [3.63, 3.8) is 0 Å². The van der Waals surface area contributed by atoms with Gasteiger partial charge in [-0.05, 0) is 0 Å². The highest BCUT2D eigenvalue weighted by Crippen LogP contribution is 0.863. The van der Waals surface area contributed by atoms with Gasteiger partial charge in [-0.25, -0.2) is 0 Å². The van der Waals surface area contributed by atoms with E-state index in [0.717, 1.165) is 0 Å². The smallest absolute Gasteiger partial charge is 0.147 e. The second kappa shape index (κ2) is 121. The highest BCUT2D eigenvalue weighted by Gasteiger charge is -0.140. The lowest BCUT2D eigenvalue weighted by Gasteiger charge is -0.154. The Morgan fingerprint density at radius 1 is 0.222 bits per heavy atom. The summed E-state index contributed by atoms with van der Waals surface area (Å²) in [6, 6.07) is 0. The van der Waals surface area contributed by atoms with Crippen LogP contribution in [0, 0.1) is 0 Å². The fourth-order valence-corrected chi connectivity index (χ4v) is 0. The molecule has 0 aliphatic carbocycles. The highest BCUT2D eigenvalue weighted by molar-refractivity contribution is 6.92. The van der Waals surface area contributed by atoms with E-state index in [1.807, 2.05) is 0 Å². The van der Waals surface area contributed by atoms with E-state index in [0.29, 0.717) is 0 Å². The van der Waals surface area contributed by atoms with Crippen molar-refractivity contribution >= 4 is 104 Å². The molecule has 9 heavy (non-hydrogen) atoms. The zero-order valence-corrected chi connectivity index (χ0v) is 13.7. The van der Waals surface area contributed by atoms with Crippen molar-refractivity contribution in [2.24, 2.45) is 0 Å². The second-order valence-corrected chi connectivity index (χ2v) is 0. The van der Waals surface area contributed by atoms with Gasteiger partial charge in [0.05, 0.1) is 0 Å². The topological polar surface area (TPSA) is 0 Å². The molecule has 0 aromatic rings. The molecule has 0 saturated carbocycles. The van der Waals surface area contributed by atoms with Crippen LogP contribution in [-0.2, 0) is 0 Å². The van der Waals surface area contributed by atoms with Crippen molar-refractivity contribution in [3.05, 3.63) is 0 Å². The van der Waals surface area contributed by atoms with E-state index in [1.165, 1.54) is 0 Å². The third-order valence-electron chi connectivity index (χ3n) is 0. The summed E-state index contributed by atoms with van der Waals surface area (Å²) < 4.78 is 0. The van der Waals surface area contributed by atoms with E-state index < -0.39 is 0 Å². The molecular formula is H15Cl6P3. The van der Waals surface area contributed by atoms with Crippen molar-refractivity contribution in [2.75, 3.05) is 0 Å². The summed E-state index contributed by atoms with van der Waals surface area (Å²) in [7, 11) is 0. The first-order valence-corrected chi connectivity index (χ1v) is 0. The zero-order valence-electron chi connectivity index (χ0n) is 4.57. The molecule has 0 nitrogen and oxygen atoms in total. The van der Waals surface area contributed by atoms with Crippen molar-refractivity contribution in [2.45, 2.75) is 0 Å². The summed E-state index contributed by atoms with van der Waals surface area (Å²) in [5, 5.41) is 0. The molecule has 0 rings (SSSR count). The monoisotopic (exact) mass is 318 g/mol. The Bertz CT molecular complexity index is 8.26. The quantitative estimate of drug-likeness (QED) is 0.602. The van der Waals surface area contributed by atoms with Gasteiger partial charge in [-0.3, -0.25) is 0 Å². The van der Waals surface area contributed by atoms with Gasteiger partial charge >= 0.3 is 0 Å². The van der Waals surface area contributed by atoms with Gasteiger partial charge in [-0.15, -0.1) is 74.4 Å². The summed E-state index contributed by atoms with van der Waals surface area (Å²) in [6.45, 7) is 0. The maximum absolute atomic E-state index is 0. The van der Waals surface area contributed by atoms with Crippen LogP contribution >= 0.6 is 104 Å². The average molecular weight is 321 g/mol. The van der Waals surface area contributed by atoms with E-state index in [2.05, 4.69) is 0 Å². The van der Waals surface area contributed by atoms with Gasteiger partial charge in [0.1, 0.15) is 0 Å². The van der Waals surface area contributed by atoms with Gasteiger partial charge < -0.3 is 0 Å². The molecule has 0 fully saturated rings.